The maximum atomic E-state index is 9.21. The summed E-state index contributed by atoms with van der Waals surface area (Å²) in [5, 5.41) is 20.8. The average Bonchev–Trinajstić information content (AvgIpc) is 2.26. The van der Waals surface area contributed by atoms with E-state index in [-0.39, 0.29) is 30.2 Å². The van der Waals surface area contributed by atoms with Gasteiger partial charge in [-0.2, -0.15) is 0 Å². The van der Waals surface area contributed by atoms with Crippen molar-refractivity contribution in [3.8, 4) is 0 Å². The first-order valence-corrected chi connectivity index (χ1v) is 5.87. The van der Waals surface area contributed by atoms with Crippen molar-refractivity contribution in [3.63, 3.8) is 0 Å². The Morgan fingerprint density at radius 2 is 2.29 bits per heavy atom. The summed E-state index contributed by atoms with van der Waals surface area (Å²) in [6.07, 6.45) is 0.332. The molecule has 4 N–H and O–H groups in total. The lowest BCUT2D eigenvalue weighted by atomic mass is 10.0. The number of aliphatic hydroxyl groups excluding tert-OH is 1. The molecule has 2 unspecified atom stereocenters. The van der Waals surface area contributed by atoms with Crippen LogP contribution in [0, 0.1) is 0 Å². The second kappa shape index (κ2) is 5.66. The van der Waals surface area contributed by atoms with E-state index in [9.17, 15) is 5.11 Å². The topological polar surface area (TPSA) is 91.3 Å². The van der Waals surface area contributed by atoms with Gasteiger partial charge in [-0.25, -0.2) is 0 Å². The van der Waals surface area contributed by atoms with Gasteiger partial charge in [0.15, 0.2) is 0 Å². The molecule has 1 aliphatic heterocycles. The Kier molecular flexibility index (Phi) is 4.73. The second-order valence-electron chi connectivity index (χ2n) is 5.26. The van der Waals surface area contributed by atoms with Gasteiger partial charge in [-0.15, -0.1) is 0 Å². The zero-order valence-electron chi connectivity index (χ0n) is 10.8. The number of amidine groups is 1. The van der Waals surface area contributed by atoms with E-state index in [2.05, 4.69) is 10.1 Å². The van der Waals surface area contributed by atoms with Gasteiger partial charge in [0.2, 0.25) is 0 Å². The minimum atomic E-state index is -0.287. The molecule has 1 saturated heterocycles. The van der Waals surface area contributed by atoms with Crippen LogP contribution < -0.4 is 5.73 Å². The summed E-state index contributed by atoms with van der Waals surface area (Å²) in [5.74, 6) is 0.224. The van der Waals surface area contributed by atoms with Crippen LogP contribution >= 0.6 is 0 Å². The molecule has 0 spiro atoms. The number of aliphatic hydroxyl groups is 1. The zero-order chi connectivity index (χ0) is 13.1. The van der Waals surface area contributed by atoms with Crippen molar-refractivity contribution in [2.75, 3.05) is 19.7 Å². The molecule has 0 saturated carbocycles. The first kappa shape index (κ1) is 14.2. The Balaban J connectivity index is 2.63. The van der Waals surface area contributed by atoms with Crippen LogP contribution in [-0.4, -0.2) is 58.5 Å². The van der Waals surface area contributed by atoms with Crippen molar-refractivity contribution in [3.05, 3.63) is 0 Å². The summed E-state index contributed by atoms with van der Waals surface area (Å²) < 4.78 is 5.73. The van der Waals surface area contributed by atoms with E-state index in [0.717, 1.165) is 6.54 Å². The number of hydrogen-bond donors (Lipinski definition) is 3. The van der Waals surface area contributed by atoms with E-state index >= 15 is 0 Å². The van der Waals surface area contributed by atoms with Gasteiger partial charge in [-0.3, -0.25) is 4.90 Å². The van der Waals surface area contributed by atoms with Gasteiger partial charge in [0.25, 0.3) is 0 Å². The number of hydrogen-bond acceptors (Lipinski definition) is 5. The second-order valence-corrected chi connectivity index (χ2v) is 5.26. The molecule has 0 aromatic rings. The summed E-state index contributed by atoms with van der Waals surface area (Å²) in [6.45, 7) is 7.46. The number of nitrogens with zero attached hydrogens (tertiary/aromatic N) is 2. The van der Waals surface area contributed by atoms with Crippen LogP contribution in [0.1, 0.15) is 27.2 Å². The number of rotatable bonds is 4. The van der Waals surface area contributed by atoms with Gasteiger partial charge in [0.1, 0.15) is 5.84 Å². The molecule has 0 aromatic heterocycles. The SMILES string of the molecule is CC(CC(N)=NO)N1CC(CO)OC(C)(C)C1. The standard InChI is InChI=1S/C11H23N3O3/c1-8(4-10(12)13-16)14-5-9(6-15)17-11(2,3)7-14/h8-9,15-16H,4-7H2,1-3H3,(H2,12,13). The van der Waals surface area contributed by atoms with E-state index < -0.39 is 0 Å². The van der Waals surface area contributed by atoms with Crippen molar-refractivity contribution >= 4 is 5.84 Å². The summed E-state index contributed by atoms with van der Waals surface area (Å²) in [6, 6.07) is 0.156. The van der Waals surface area contributed by atoms with Gasteiger partial charge in [0.05, 0.1) is 18.3 Å². The van der Waals surface area contributed by atoms with Gasteiger partial charge in [-0.1, -0.05) is 5.16 Å². The van der Waals surface area contributed by atoms with Crippen molar-refractivity contribution in [1.82, 2.24) is 4.90 Å². The third-order valence-corrected chi connectivity index (χ3v) is 2.97. The molecule has 1 heterocycles. The predicted octanol–water partition coefficient (Wildman–Crippen LogP) is -0.0169. The average molecular weight is 245 g/mol. The van der Waals surface area contributed by atoms with Gasteiger partial charge < -0.3 is 20.8 Å². The van der Waals surface area contributed by atoms with E-state index in [1.807, 2.05) is 20.8 Å². The van der Waals surface area contributed by atoms with Gasteiger partial charge in [-0.05, 0) is 20.8 Å². The molecule has 0 bridgehead atoms. The Labute approximate surface area is 102 Å². The zero-order valence-corrected chi connectivity index (χ0v) is 10.8. The summed E-state index contributed by atoms with van der Waals surface area (Å²) in [5.41, 5.74) is 5.22. The van der Waals surface area contributed by atoms with Crippen LogP contribution in [0.2, 0.25) is 0 Å². The molecular formula is C11H23N3O3. The monoisotopic (exact) mass is 245 g/mol. The molecule has 6 heteroatoms. The fourth-order valence-corrected chi connectivity index (χ4v) is 2.24. The minimum absolute atomic E-state index is 0.0101. The highest BCUT2D eigenvalue weighted by molar-refractivity contribution is 5.80. The summed E-state index contributed by atoms with van der Waals surface area (Å²) in [7, 11) is 0. The molecule has 0 radical (unpaired) electrons. The van der Waals surface area contributed by atoms with Crippen LogP contribution in [0.5, 0.6) is 0 Å². The maximum absolute atomic E-state index is 9.21. The first-order valence-electron chi connectivity index (χ1n) is 5.87. The Bertz CT molecular complexity index is 281. The first-order chi connectivity index (χ1) is 7.88. The fraction of sp³-hybridized carbons (Fsp3) is 0.909. The van der Waals surface area contributed by atoms with E-state index in [1.54, 1.807) is 0 Å². The van der Waals surface area contributed by atoms with Crippen LogP contribution in [0.4, 0.5) is 0 Å². The quantitative estimate of drug-likeness (QED) is 0.280. The normalized spacial score (nSPS) is 28.0. The highest BCUT2D eigenvalue weighted by Gasteiger charge is 2.35. The van der Waals surface area contributed by atoms with Crippen LogP contribution in [0.15, 0.2) is 5.16 Å². The number of morpholine rings is 1. The molecule has 2 atom stereocenters. The molecule has 0 amide bonds. The minimum Gasteiger partial charge on any atom is -0.409 e. The number of oxime groups is 1. The number of nitrogens with two attached hydrogens (primary N) is 1. The van der Waals surface area contributed by atoms with Gasteiger partial charge in [0, 0.05) is 25.6 Å². The summed E-state index contributed by atoms with van der Waals surface area (Å²) in [4.78, 5) is 2.20. The Hall–Kier alpha value is -0.850. The molecule has 0 aliphatic carbocycles. The van der Waals surface area contributed by atoms with E-state index in [4.69, 9.17) is 15.7 Å². The third-order valence-electron chi connectivity index (χ3n) is 2.97. The molecule has 1 rings (SSSR count). The van der Waals surface area contributed by atoms with Crippen molar-refractivity contribution in [1.29, 1.82) is 0 Å². The van der Waals surface area contributed by atoms with E-state index in [1.165, 1.54) is 0 Å². The molecule has 6 nitrogen and oxygen atoms in total. The third kappa shape index (κ3) is 4.14. The maximum Gasteiger partial charge on any atom is 0.140 e. The Morgan fingerprint density at radius 1 is 1.65 bits per heavy atom. The smallest absolute Gasteiger partial charge is 0.140 e. The molecular weight excluding hydrogens is 222 g/mol. The van der Waals surface area contributed by atoms with Crippen molar-refractivity contribution in [2.45, 2.75) is 44.9 Å². The molecule has 1 fully saturated rings. The highest BCUT2D eigenvalue weighted by atomic mass is 16.5. The lowest BCUT2D eigenvalue weighted by molar-refractivity contribution is -0.155. The molecule has 100 valence electrons. The predicted molar refractivity (Wildman–Crippen MR) is 65.1 cm³/mol. The molecule has 1 aliphatic rings. The van der Waals surface area contributed by atoms with Crippen molar-refractivity contribution < 1.29 is 15.1 Å². The highest BCUT2D eigenvalue weighted by Crippen LogP contribution is 2.23. The van der Waals surface area contributed by atoms with Crippen LogP contribution in [0.25, 0.3) is 0 Å². The molecule has 17 heavy (non-hydrogen) atoms. The van der Waals surface area contributed by atoms with Crippen LogP contribution in [-0.2, 0) is 4.74 Å². The lowest BCUT2D eigenvalue weighted by Crippen LogP contribution is -2.56. The number of ether oxygens (including phenoxy) is 1. The largest absolute Gasteiger partial charge is 0.409 e. The van der Waals surface area contributed by atoms with Crippen molar-refractivity contribution in [2.24, 2.45) is 10.9 Å². The molecule has 0 aromatic carbocycles. The summed E-state index contributed by atoms with van der Waals surface area (Å²) >= 11 is 0. The van der Waals surface area contributed by atoms with Crippen LogP contribution in [0.3, 0.4) is 0 Å². The lowest BCUT2D eigenvalue weighted by Gasteiger charge is -2.44. The van der Waals surface area contributed by atoms with E-state index in [0.29, 0.717) is 13.0 Å². The Morgan fingerprint density at radius 3 is 2.82 bits per heavy atom. The van der Waals surface area contributed by atoms with Gasteiger partial charge >= 0.3 is 0 Å². The fourth-order valence-electron chi connectivity index (χ4n) is 2.24.